The van der Waals surface area contributed by atoms with Gasteiger partial charge in [0.15, 0.2) is 0 Å². The van der Waals surface area contributed by atoms with Crippen LogP contribution in [0.3, 0.4) is 0 Å². The van der Waals surface area contributed by atoms with Crippen LogP contribution in [0.25, 0.3) is 0 Å². The molecular weight excluding hydrogens is 377 g/mol. The minimum absolute atomic E-state index is 0. The van der Waals surface area contributed by atoms with Crippen LogP contribution in [0.15, 0.2) is 64.6 Å². The minimum Gasteiger partial charge on any atom is -0.254 e. The molecule has 0 aliphatic rings. The van der Waals surface area contributed by atoms with Gasteiger partial charge in [-0.3, -0.25) is 9.98 Å². The zero-order valence-electron chi connectivity index (χ0n) is 16.0. The molecule has 0 spiro atoms. The van der Waals surface area contributed by atoms with Gasteiger partial charge in [-0.05, 0) is 62.1 Å². The van der Waals surface area contributed by atoms with Crippen LogP contribution in [0.4, 0.5) is 11.4 Å². The van der Waals surface area contributed by atoms with E-state index in [1.165, 1.54) is 0 Å². The Morgan fingerprint density at radius 1 is 0.593 bits per heavy atom. The number of rotatable bonds is 4. The van der Waals surface area contributed by atoms with Crippen molar-refractivity contribution >= 4 is 23.8 Å². The maximum atomic E-state index is 4.63. The van der Waals surface area contributed by atoms with E-state index in [1.807, 2.05) is 42.8 Å². The second-order valence-electron chi connectivity index (χ2n) is 6.48. The van der Waals surface area contributed by atoms with Crippen LogP contribution in [0.2, 0.25) is 0 Å². The van der Waals surface area contributed by atoms with E-state index in [1.54, 1.807) is 0 Å². The zero-order chi connectivity index (χ0) is 18.5. The first kappa shape index (κ1) is 20.7. The molecule has 0 N–H and O–H groups in total. The van der Waals surface area contributed by atoms with E-state index in [0.717, 1.165) is 45.0 Å². The SMILES string of the molecule is Cc1cccc(C)c1N=Cc1cccc(C=Nc2c(C)cccc2C)n1.[Co]. The van der Waals surface area contributed by atoms with Crippen LogP contribution in [-0.2, 0) is 16.8 Å². The molecule has 4 heteroatoms. The van der Waals surface area contributed by atoms with Crippen molar-refractivity contribution in [1.29, 1.82) is 0 Å². The molecule has 0 bridgehead atoms. The van der Waals surface area contributed by atoms with Gasteiger partial charge in [0.25, 0.3) is 0 Å². The van der Waals surface area contributed by atoms with E-state index in [4.69, 9.17) is 0 Å². The van der Waals surface area contributed by atoms with Crippen molar-refractivity contribution in [2.45, 2.75) is 27.7 Å². The van der Waals surface area contributed by atoms with Gasteiger partial charge < -0.3 is 0 Å². The summed E-state index contributed by atoms with van der Waals surface area (Å²) in [6.45, 7) is 8.28. The van der Waals surface area contributed by atoms with E-state index in [0.29, 0.717) is 0 Å². The largest absolute Gasteiger partial charge is 0.254 e. The van der Waals surface area contributed by atoms with Gasteiger partial charge in [0.05, 0.1) is 35.2 Å². The van der Waals surface area contributed by atoms with Crippen molar-refractivity contribution < 1.29 is 16.8 Å². The van der Waals surface area contributed by atoms with Crippen LogP contribution in [0, 0.1) is 27.7 Å². The molecule has 0 saturated heterocycles. The average Bonchev–Trinajstić information content (AvgIpc) is 2.61. The fraction of sp³-hybridized carbons (Fsp3) is 0.174. The molecule has 3 rings (SSSR count). The number of pyridine rings is 1. The molecule has 0 unspecified atom stereocenters. The third-order valence-electron chi connectivity index (χ3n) is 4.32. The smallest absolute Gasteiger partial charge is 0.0820 e. The Kier molecular flexibility index (Phi) is 7.22. The first-order valence-electron chi connectivity index (χ1n) is 8.72. The molecule has 139 valence electrons. The van der Waals surface area contributed by atoms with Gasteiger partial charge in [0.1, 0.15) is 0 Å². The van der Waals surface area contributed by atoms with Crippen molar-refractivity contribution in [3.63, 3.8) is 0 Å². The van der Waals surface area contributed by atoms with Crippen LogP contribution >= 0.6 is 0 Å². The van der Waals surface area contributed by atoms with Gasteiger partial charge in [0.2, 0.25) is 0 Å². The summed E-state index contributed by atoms with van der Waals surface area (Å²) in [5.41, 5.74) is 8.29. The molecule has 0 aliphatic carbocycles. The summed E-state index contributed by atoms with van der Waals surface area (Å²) in [7, 11) is 0. The molecule has 0 atom stereocenters. The first-order chi connectivity index (χ1) is 12.5. The number of aliphatic imine (C=N–C) groups is 2. The average molecular weight is 400 g/mol. The summed E-state index contributed by atoms with van der Waals surface area (Å²) in [6.07, 6.45) is 3.62. The molecular formula is C23H23CoN3. The van der Waals surface area contributed by atoms with Crippen molar-refractivity contribution in [2.24, 2.45) is 9.98 Å². The van der Waals surface area contributed by atoms with Crippen LogP contribution in [0.5, 0.6) is 0 Å². The van der Waals surface area contributed by atoms with Gasteiger partial charge in [-0.15, -0.1) is 0 Å². The van der Waals surface area contributed by atoms with Gasteiger partial charge in [-0.1, -0.05) is 42.5 Å². The second kappa shape index (κ2) is 9.40. The number of benzene rings is 2. The molecule has 0 aliphatic heterocycles. The number of aromatic nitrogens is 1. The molecule has 1 heterocycles. The number of nitrogens with zero attached hydrogens (tertiary/aromatic N) is 3. The van der Waals surface area contributed by atoms with Gasteiger partial charge >= 0.3 is 0 Å². The summed E-state index contributed by atoms with van der Waals surface area (Å²) in [6, 6.07) is 18.3. The maximum Gasteiger partial charge on any atom is 0.0820 e. The quantitative estimate of drug-likeness (QED) is 0.509. The van der Waals surface area contributed by atoms with Crippen molar-refractivity contribution in [3.8, 4) is 0 Å². The Morgan fingerprint density at radius 2 is 0.926 bits per heavy atom. The van der Waals surface area contributed by atoms with Crippen LogP contribution in [0.1, 0.15) is 33.6 Å². The molecule has 1 radical (unpaired) electrons. The molecule has 3 aromatic rings. The Bertz CT molecular complexity index is 873. The molecule has 27 heavy (non-hydrogen) atoms. The summed E-state index contributed by atoms with van der Waals surface area (Å²) in [5, 5.41) is 0. The van der Waals surface area contributed by atoms with E-state index < -0.39 is 0 Å². The zero-order valence-corrected chi connectivity index (χ0v) is 17.1. The number of para-hydroxylation sites is 2. The third-order valence-corrected chi connectivity index (χ3v) is 4.32. The van der Waals surface area contributed by atoms with Crippen molar-refractivity contribution in [2.75, 3.05) is 0 Å². The van der Waals surface area contributed by atoms with Gasteiger partial charge in [0, 0.05) is 16.8 Å². The maximum absolute atomic E-state index is 4.63. The van der Waals surface area contributed by atoms with Gasteiger partial charge in [-0.25, -0.2) is 4.98 Å². The standard InChI is InChI=1S/C23H23N3.Co/c1-16-8-5-9-17(2)22(16)24-14-20-12-7-13-21(26-20)15-25-23-18(3)10-6-11-19(23)4;/h5-15H,1-4H3;. The molecule has 0 saturated carbocycles. The Morgan fingerprint density at radius 3 is 1.30 bits per heavy atom. The van der Waals surface area contributed by atoms with Gasteiger partial charge in [-0.2, -0.15) is 0 Å². The molecule has 1 aromatic heterocycles. The minimum atomic E-state index is 0. The van der Waals surface area contributed by atoms with E-state index >= 15 is 0 Å². The number of hydrogen-bond acceptors (Lipinski definition) is 3. The van der Waals surface area contributed by atoms with Crippen molar-refractivity contribution in [1.82, 2.24) is 4.98 Å². The summed E-state index contributed by atoms with van der Waals surface area (Å²) in [5.74, 6) is 0. The topological polar surface area (TPSA) is 37.6 Å². The predicted molar refractivity (Wildman–Crippen MR) is 111 cm³/mol. The fourth-order valence-corrected chi connectivity index (χ4v) is 2.89. The summed E-state index contributed by atoms with van der Waals surface area (Å²) < 4.78 is 0. The Balaban J connectivity index is 0.00000261. The third kappa shape index (κ3) is 5.22. The predicted octanol–water partition coefficient (Wildman–Crippen LogP) is 5.81. The van der Waals surface area contributed by atoms with Crippen LogP contribution in [-0.4, -0.2) is 17.4 Å². The molecule has 0 fully saturated rings. The number of hydrogen-bond donors (Lipinski definition) is 0. The van der Waals surface area contributed by atoms with E-state index in [2.05, 4.69) is 66.9 Å². The van der Waals surface area contributed by atoms with E-state index in [-0.39, 0.29) is 16.8 Å². The second-order valence-corrected chi connectivity index (χ2v) is 6.48. The van der Waals surface area contributed by atoms with E-state index in [9.17, 15) is 0 Å². The molecule has 0 amide bonds. The monoisotopic (exact) mass is 400 g/mol. The normalized spacial score (nSPS) is 11.1. The Labute approximate surface area is 171 Å². The molecule has 2 aromatic carbocycles. The summed E-state index contributed by atoms with van der Waals surface area (Å²) >= 11 is 0. The van der Waals surface area contributed by atoms with Crippen LogP contribution < -0.4 is 0 Å². The fourth-order valence-electron chi connectivity index (χ4n) is 2.89. The van der Waals surface area contributed by atoms with Crippen molar-refractivity contribution in [3.05, 3.63) is 88.2 Å². The first-order valence-corrected chi connectivity index (χ1v) is 8.72. The molecule has 3 nitrogen and oxygen atoms in total. The Hall–Kier alpha value is -2.56. The number of aryl methyl sites for hydroxylation is 4. The summed E-state index contributed by atoms with van der Waals surface area (Å²) in [4.78, 5) is 13.9.